The molecule has 0 saturated heterocycles. The molecule has 2 aromatic rings. The Morgan fingerprint density at radius 1 is 1.03 bits per heavy atom. The first-order chi connectivity index (χ1) is 15.1. The number of carbonyl (C=O) groups is 2. The molecule has 172 valence electrons. The van der Waals surface area contributed by atoms with Crippen LogP contribution in [0.25, 0.3) is 0 Å². The van der Waals surface area contributed by atoms with Gasteiger partial charge in [0.25, 0.3) is 11.6 Å². The molecule has 10 nitrogen and oxygen atoms in total. The fraction of sp³-hybridized carbons (Fsp3) is 0.300. The second-order valence-corrected chi connectivity index (χ2v) is 8.87. The maximum Gasteiger partial charge on any atom is 0.293 e. The number of halogens is 1. The van der Waals surface area contributed by atoms with Crippen LogP contribution in [0.3, 0.4) is 0 Å². The number of hydrogen-bond donors (Lipinski definition) is 3. The molecule has 0 bridgehead atoms. The molecule has 0 saturated carbocycles. The SMILES string of the molecule is CS(=O)(=O)c1ccc(NCCNC(=O)CCCNC(=O)c2ccc(F)cc2)c([N+](=O)[O-])c1. The average molecular weight is 466 g/mol. The van der Waals surface area contributed by atoms with Crippen molar-refractivity contribution >= 4 is 33.0 Å². The number of nitrogens with one attached hydrogen (secondary N) is 3. The largest absolute Gasteiger partial charge is 0.378 e. The van der Waals surface area contributed by atoms with Crippen LogP contribution in [0.4, 0.5) is 15.8 Å². The van der Waals surface area contributed by atoms with E-state index in [1.807, 2.05) is 0 Å². The molecular formula is C20H23FN4O6S. The van der Waals surface area contributed by atoms with Crippen molar-refractivity contribution < 1.29 is 27.3 Å². The molecule has 3 N–H and O–H groups in total. The summed E-state index contributed by atoms with van der Waals surface area (Å²) in [4.78, 5) is 34.1. The molecule has 0 fully saturated rings. The number of rotatable bonds is 11. The van der Waals surface area contributed by atoms with Crippen LogP contribution in [0.15, 0.2) is 47.4 Å². The van der Waals surface area contributed by atoms with Crippen molar-refractivity contribution in [1.29, 1.82) is 0 Å². The number of benzene rings is 2. The van der Waals surface area contributed by atoms with E-state index in [1.165, 1.54) is 36.4 Å². The Balaban J connectivity index is 1.70. The molecule has 0 aromatic heterocycles. The van der Waals surface area contributed by atoms with E-state index < -0.39 is 20.6 Å². The number of nitro benzene ring substituents is 1. The number of hydrogen-bond acceptors (Lipinski definition) is 7. The smallest absolute Gasteiger partial charge is 0.293 e. The van der Waals surface area contributed by atoms with Crippen LogP contribution in [-0.2, 0) is 14.6 Å². The van der Waals surface area contributed by atoms with Crippen LogP contribution < -0.4 is 16.0 Å². The summed E-state index contributed by atoms with van der Waals surface area (Å²) in [5.41, 5.74) is 0.0805. The van der Waals surface area contributed by atoms with Crippen molar-refractivity contribution in [3.05, 3.63) is 64.0 Å². The molecule has 0 aliphatic heterocycles. The van der Waals surface area contributed by atoms with Gasteiger partial charge in [-0.2, -0.15) is 0 Å². The zero-order valence-corrected chi connectivity index (χ0v) is 18.1. The molecule has 2 aromatic carbocycles. The normalized spacial score (nSPS) is 10.9. The topological polar surface area (TPSA) is 148 Å². The monoisotopic (exact) mass is 466 g/mol. The molecule has 32 heavy (non-hydrogen) atoms. The molecule has 0 aliphatic carbocycles. The Kier molecular flexibility index (Phi) is 8.64. The molecule has 0 atom stereocenters. The van der Waals surface area contributed by atoms with E-state index in [1.54, 1.807) is 0 Å². The van der Waals surface area contributed by atoms with E-state index in [4.69, 9.17) is 0 Å². The van der Waals surface area contributed by atoms with Gasteiger partial charge >= 0.3 is 0 Å². The Labute approximate surface area is 184 Å². The number of anilines is 1. The van der Waals surface area contributed by atoms with Gasteiger partial charge < -0.3 is 16.0 Å². The fourth-order valence-corrected chi connectivity index (χ4v) is 3.33. The van der Waals surface area contributed by atoms with Crippen LogP contribution in [-0.4, -0.2) is 51.0 Å². The van der Waals surface area contributed by atoms with Gasteiger partial charge in [-0.05, 0) is 42.8 Å². The number of nitrogens with zero attached hydrogens (tertiary/aromatic N) is 1. The molecule has 2 amide bonds. The number of amides is 2. The van der Waals surface area contributed by atoms with Crippen LogP contribution in [0, 0.1) is 15.9 Å². The first-order valence-electron chi connectivity index (χ1n) is 9.61. The van der Waals surface area contributed by atoms with E-state index in [-0.39, 0.29) is 54.1 Å². The minimum Gasteiger partial charge on any atom is -0.378 e. The zero-order valence-electron chi connectivity index (χ0n) is 17.3. The highest BCUT2D eigenvalue weighted by molar-refractivity contribution is 7.90. The molecule has 0 spiro atoms. The Morgan fingerprint density at radius 3 is 2.34 bits per heavy atom. The first-order valence-corrected chi connectivity index (χ1v) is 11.5. The van der Waals surface area contributed by atoms with Gasteiger partial charge in [-0.3, -0.25) is 19.7 Å². The standard InChI is InChI=1S/C20H23FN4O6S/c1-32(30,31)16-8-9-17(18(13-16)25(28)29)22-11-12-23-19(26)3-2-10-24-20(27)14-4-6-15(21)7-5-14/h4-9,13,22H,2-3,10-12H2,1H3,(H,23,26)(H,24,27). The quantitative estimate of drug-likeness (QED) is 0.260. The van der Waals surface area contributed by atoms with Crippen LogP contribution >= 0.6 is 0 Å². The van der Waals surface area contributed by atoms with Crippen molar-refractivity contribution in [1.82, 2.24) is 10.6 Å². The number of carbonyl (C=O) groups excluding carboxylic acids is 2. The van der Waals surface area contributed by atoms with Crippen molar-refractivity contribution in [3.8, 4) is 0 Å². The Hall–Kier alpha value is -3.54. The van der Waals surface area contributed by atoms with E-state index >= 15 is 0 Å². The highest BCUT2D eigenvalue weighted by Gasteiger charge is 2.18. The Bertz CT molecular complexity index is 1090. The minimum atomic E-state index is -3.58. The molecule has 0 heterocycles. The van der Waals surface area contributed by atoms with Crippen molar-refractivity contribution in [3.63, 3.8) is 0 Å². The summed E-state index contributed by atoms with van der Waals surface area (Å²) in [6.07, 6.45) is 1.51. The lowest BCUT2D eigenvalue weighted by Crippen LogP contribution is -2.30. The summed E-state index contributed by atoms with van der Waals surface area (Å²) >= 11 is 0. The van der Waals surface area contributed by atoms with Gasteiger partial charge in [-0.15, -0.1) is 0 Å². The average Bonchev–Trinajstić information content (AvgIpc) is 2.73. The highest BCUT2D eigenvalue weighted by Crippen LogP contribution is 2.27. The third kappa shape index (κ3) is 7.61. The first kappa shape index (κ1) is 24.7. The molecule has 0 radical (unpaired) electrons. The summed E-state index contributed by atoms with van der Waals surface area (Å²) in [6, 6.07) is 8.66. The van der Waals surface area contributed by atoms with Crippen molar-refractivity contribution in [2.75, 3.05) is 31.2 Å². The van der Waals surface area contributed by atoms with E-state index in [0.717, 1.165) is 12.3 Å². The van der Waals surface area contributed by atoms with Gasteiger partial charge in [0.15, 0.2) is 9.84 Å². The maximum atomic E-state index is 12.9. The van der Waals surface area contributed by atoms with E-state index in [0.29, 0.717) is 12.0 Å². The van der Waals surface area contributed by atoms with E-state index in [9.17, 15) is 32.5 Å². The second kappa shape index (κ2) is 11.2. The van der Waals surface area contributed by atoms with Crippen LogP contribution in [0.1, 0.15) is 23.2 Å². The van der Waals surface area contributed by atoms with Crippen molar-refractivity contribution in [2.45, 2.75) is 17.7 Å². The summed E-state index contributed by atoms with van der Waals surface area (Å²) in [6.45, 7) is 0.638. The predicted octanol–water partition coefficient (Wildman–Crippen LogP) is 1.88. The Morgan fingerprint density at radius 2 is 1.72 bits per heavy atom. The third-order valence-corrected chi connectivity index (χ3v) is 5.44. The van der Waals surface area contributed by atoms with Gasteiger partial charge in [0.05, 0.1) is 9.82 Å². The lowest BCUT2D eigenvalue weighted by Gasteiger charge is -2.10. The number of sulfone groups is 1. The van der Waals surface area contributed by atoms with Gasteiger partial charge in [-0.25, -0.2) is 12.8 Å². The summed E-state index contributed by atoms with van der Waals surface area (Å²) in [5.74, 6) is -1.06. The zero-order chi connectivity index (χ0) is 23.7. The van der Waals surface area contributed by atoms with E-state index in [2.05, 4.69) is 16.0 Å². The molecular weight excluding hydrogens is 443 g/mol. The summed E-state index contributed by atoms with van der Waals surface area (Å²) in [5, 5.41) is 19.3. The fourth-order valence-electron chi connectivity index (χ4n) is 2.68. The second-order valence-electron chi connectivity index (χ2n) is 6.85. The van der Waals surface area contributed by atoms with Gasteiger partial charge in [0, 0.05) is 43.9 Å². The molecule has 2 rings (SSSR count). The van der Waals surface area contributed by atoms with Crippen molar-refractivity contribution in [2.24, 2.45) is 0 Å². The van der Waals surface area contributed by atoms with Gasteiger partial charge in [0.2, 0.25) is 5.91 Å². The molecule has 0 aliphatic rings. The minimum absolute atomic E-state index is 0.139. The van der Waals surface area contributed by atoms with Gasteiger partial charge in [-0.1, -0.05) is 0 Å². The number of nitro groups is 1. The van der Waals surface area contributed by atoms with Gasteiger partial charge in [0.1, 0.15) is 11.5 Å². The molecule has 0 unspecified atom stereocenters. The lowest BCUT2D eigenvalue weighted by atomic mass is 10.2. The van der Waals surface area contributed by atoms with Crippen LogP contribution in [0.5, 0.6) is 0 Å². The highest BCUT2D eigenvalue weighted by atomic mass is 32.2. The maximum absolute atomic E-state index is 12.9. The predicted molar refractivity (Wildman–Crippen MR) is 116 cm³/mol. The lowest BCUT2D eigenvalue weighted by molar-refractivity contribution is -0.384. The summed E-state index contributed by atoms with van der Waals surface area (Å²) in [7, 11) is -3.58. The van der Waals surface area contributed by atoms with Crippen LogP contribution in [0.2, 0.25) is 0 Å². The third-order valence-electron chi connectivity index (χ3n) is 4.33. The molecule has 12 heteroatoms. The summed E-state index contributed by atoms with van der Waals surface area (Å²) < 4.78 is 36.0.